The lowest BCUT2D eigenvalue weighted by Crippen LogP contribution is -2.28. The van der Waals surface area contributed by atoms with Crippen LogP contribution in [-0.2, 0) is 18.4 Å². The van der Waals surface area contributed by atoms with E-state index in [9.17, 15) is 9.59 Å². The van der Waals surface area contributed by atoms with Crippen LogP contribution in [0.15, 0.2) is 0 Å². The largest absolute Gasteiger partial charge is 0.510 e. The molecule has 0 aromatic heterocycles. The van der Waals surface area contributed by atoms with Crippen LogP contribution in [-0.4, -0.2) is 30.0 Å². The molecule has 0 saturated carbocycles. The first-order valence-electron chi connectivity index (χ1n) is 3.47. The highest BCUT2D eigenvalue weighted by Gasteiger charge is 2.20. The van der Waals surface area contributed by atoms with Gasteiger partial charge in [-0.25, -0.2) is 9.59 Å². The molecule has 0 bridgehead atoms. The van der Waals surface area contributed by atoms with Crippen LogP contribution in [0.5, 0.6) is 0 Å². The first-order chi connectivity index (χ1) is 5.43. The summed E-state index contributed by atoms with van der Waals surface area (Å²) in [6, 6.07) is 0. The van der Waals surface area contributed by atoms with Gasteiger partial charge in [0.15, 0.2) is 0 Å². The van der Waals surface area contributed by atoms with Crippen molar-refractivity contribution in [3.05, 3.63) is 0 Å². The van der Waals surface area contributed by atoms with Crippen molar-refractivity contribution in [2.45, 2.75) is 26.2 Å². The lowest BCUT2D eigenvalue weighted by molar-refractivity contribution is -0.156. The van der Waals surface area contributed by atoms with Crippen molar-refractivity contribution in [3.8, 4) is 0 Å². The summed E-state index contributed by atoms with van der Waals surface area (Å²) in [5, 5.41) is 0. The number of hydrogen-bond acceptors (Lipinski definition) is 4. The molecule has 0 aliphatic heterocycles. The van der Waals surface area contributed by atoms with E-state index in [1.807, 2.05) is 0 Å². The van der Waals surface area contributed by atoms with E-state index in [1.54, 1.807) is 26.2 Å². The van der Waals surface area contributed by atoms with E-state index in [1.165, 1.54) is 0 Å². The fourth-order valence-electron chi connectivity index (χ4n) is 0.454. The molecule has 4 nitrogen and oxygen atoms in total. The van der Waals surface area contributed by atoms with Gasteiger partial charge in [-0.05, 0) is 26.2 Å². The fourth-order valence-corrected chi connectivity index (χ4v) is 1.36. The fraction of sp³-hybridized carbons (Fsp3) is 0.667. The van der Waals surface area contributed by atoms with Gasteiger partial charge in [0, 0.05) is 0 Å². The predicted octanol–water partition coefficient (Wildman–Crippen LogP) is 0.575. The maximum absolute atomic E-state index is 10.8. The van der Waals surface area contributed by atoms with E-state index in [0.717, 1.165) is 0 Å². The first kappa shape index (κ1) is 11.4. The summed E-state index contributed by atoms with van der Waals surface area (Å²) in [4.78, 5) is 21.7. The van der Waals surface area contributed by atoms with Gasteiger partial charge in [0.2, 0.25) is 0 Å². The molecule has 0 aromatic rings. The average molecular weight is 204 g/mol. The Labute approximate surface area is 75.3 Å². The summed E-state index contributed by atoms with van der Waals surface area (Å²) >= 11 is 0. The van der Waals surface area contributed by atoms with Crippen LogP contribution in [0.1, 0.15) is 0 Å². The van der Waals surface area contributed by atoms with Crippen molar-refractivity contribution in [1.29, 1.82) is 0 Å². The second-order valence-corrected chi connectivity index (χ2v) is 6.64. The standard InChI is InChI=1S/C6H12O4Si2/c1-11(2)9-5(7)6(8)10-12(3)4/h1-4H3. The highest BCUT2D eigenvalue weighted by molar-refractivity contribution is 6.57. The molecule has 0 heterocycles. The van der Waals surface area contributed by atoms with Crippen molar-refractivity contribution >= 4 is 30.0 Å². The molecule has 0 saturated heterocycles. The van der Waals surface area contributed by atoms with E-state index in [0.29, 0.717) is 0 Å². The predicted molar refractivity (Wildman–Crippen MR) is 47.1 cm³/mol. The third kappa shape index (κ3) is 5.08. The lowest BCUT2D eigenvalue weighted by atomic mass is 10.7. The van der Waals surface area contributed by atoms with Crippen LogP contribution in [0.3, 0.4) is 0 Å². The minimum absolute atomic E-state index is 0.861. The Kier molecular flexibility index (Phi) is 4.83. The Morgan fingerprint density at radius 2 is 1.08 bits per heavy atom. The maximum atomic E-state index is 10.8. The molecular weight excluding hydrogens is 192 g/mol. The Bertz CT molecular complexity index is 158. The highest BCUT2D eigenvalue weighted by Crippen LogP contribution is 1.91. The molecule has 0 N–H and O–H groups in total. The molecule has 2 radical (unpaired) electrons. The molecule has 68 valence electrons. The zero-order chi connectivity index (χ0) is 9.72. The topological polar surface area (TPSA) is 52.6 Å². The van der Waals surface area contributed by atoms with Crippen molar-refractivity contribution in [3.63, 3.8) is 0 Å². The van der Waals surface area contributed by atoms with Crippen LogP contribution in [0.25, 0.3) is 0 Å². The number of rotatable bonds is 2. The summed E-state index contributed by atoms with van der Waals surface area (Å²) in [5.41, 5.74) is 0. The van der Waals surface area contributed by atoms with Crippen molar-refractivity contribution in [1.82, 2.24) is 0 Å². The van der Waals surface area contributed by atoms with Gasteiger partial charge in [0.05, 0.1) is 0 Å². The Hall–Kier alpha value is -0.626. The molecule has 12 heavy (non-hydrogen) atoms. The molecule has 0 aliphatic rings. The molecule has 0 fully saturated rings. The molecule has 0 aromatic carbocycles. The van der Waals surface area contributed by atoms with Gasteiger partial charge >= 0.3 is 11.9 Å². The summed E-state index contributed by atoms with van der Waals surface area (Å²) in [7, 11) is -2.31. The van der Waals surface area contributed by atoms with Crippen molar-refractivity contribution in [2.75, 3.05) is 0 Å². The third-order valence-electron chi connectivity index (χ3n) is 0.760. The number of hydrogen-bond donors (Lipinski definition) is 0. The third-order valence-corrected chi connectivity index (χ3v) is 1.95. The molecule has 0 unspecified atom stereocenters. The van der Waals surface area contributed by atoms with Crippen LogP contribution in [0.2, 0.25) is 26.2 Å². The van der Waals surface area contributed by atoms with Gasteiger partial charge in [-0.3, -0.25) is 0 Å². The summed E-state index contributed by atoms with van der Waals surface area (Å²) in [5.74, 6) is -1.72. The summed E-state index contributed by atoms with van der Waals surface area (Å²) in [6.45, 7) is 7.11. The molecule has 0 atom stereocenters. The smallest absolute Gasteiger partial charge is 0.402 e. The van der Waals surface area contributed by atoms with E-state index >= 15 is 0 Å². The minimum atomic E-state index is -1.15. The second kappa shape index (κ2) is 5.10. The summed E-state index contributed by atoms with van der Waals surface area (Å²) in [6.07, 6.45) is 0. The SMILES string of the molecule is C[Si](C)OC(=O)C(=O)O[Si](C)C. The first-order valence-corrected chi connectivity index (χ1v) is 8.29. The zero-order valence-electron chi connectivity index (χ0n) is 7.63. The average Bonchev–Trinajstić information content (AvgIpc) is 1.84. The van der Waals surface area contributed by atoms with E-state index in [4.69, 9.17) is 8.85 Å². The van der Waals surface area contributed by atoms with Gasteiger partial charge in [-0.15, -0.1) is 0 Å². The Balaban J connectivity index is 3.86. The van der Waals surface area contributed by atoms with Crippen molar-refractivity contribution < 1.29 is 18.4 Å². The number of carbonyl (C=O) groups excluding carboxylic acids is 2. The van der Waals surface area contributed by atoms with E-state index in [2.05, 4.69) is 0 Å². The molecule has 0 amide bonds. The van der Waals surface area contributed by atoms with Gasteiger partial charge in [-0.2, -0.15) is 0 Å². The molecular formula is C6H12O4Si2. The Morgan fingerprint density at radius 3 is 1.25 bits per heavy atom. The quantitative estimate of drug-likeness (QED) is 0.487. The summed E-state index contributed by atoms with van der Waals surface area (Å²) < 4.78 is 9.44. The zero-order valence-corrected chi connectivity index (χ0v) is 9.63. The van der Waals surface area contributed by atoms with Crippen LogP contribution in [0.4, 0.5) is 0 Å². The minimum Gasteiger partial charge on any atom is -0.510 e. The Morgan fingerprint density at radius 1 is 0.833 bits per heavy atom. The van der Waals surface area contributed by atoms with E-state index in [-0.39, 0.29) is 0 Å². The molecule has 6 heteroatoms. The lowest BCUT2D eigenvalue weighted by Gasteiger charge is -2.07. The van der Waals surface area contributed by atoms with Crippen LogP contribution >= 0.6 is 0 Å². The van der Waals surface area contributed by atoms with Crippen LogP contribution < -0.4 is 0 Å². The molecule has 0 aliphatic carbocycles. The normalized spacial score (nSPS) is 10.2. The van der Waals surface area contributed by atoms with E-state index < -0.39 is 30.0 Å². The number of carbonyl (C=O) groups is 2. The second-order valence-electron chi connectivity index (χ2n) is 2.60. The maximum Gasteiger partial charge on any atom is 0.402 e. The van der Waals surface area contributed by atoms with Gasteiger partial charge in [-0.1, -0.05) is 0 Å². The van der Waals surface area contributed by atoms with Gasteiger partial charge in [0.1, 0.15) is 0 Å². The monoisotopic (exact) mass is 204 g/mol. The highest BCUT2D eigenvalue weighted by atomic mass is 28.3. The van der Waals surface area contributed by atoms with Crippen LogP contribution in [0, 0.1) is 0 Å². The van der Waals surface area contributed by atoms with Crippen molar-refractivity contribution in [2.24, 2.45) is 0 Å². The van der Waals surface area contributed by atoms with Gasteiger partial charge in [0.25, 0.3) is 18.1 Å². The molecule has 0 spiro atoms. The van der Waals surface area contributed by atoms with Gasteiger partial charge < -0.3 is 8.85 Å². The molecule has 0 rings (SSSR count).